The van der Waals surface area contributed by atoms with E-state index in [1.165, 1.54) is 95.2 Å². The number of carboxylic acids is 1. The molecule has 0 aliphatic heterocycles. The quantitative estimate of drug-likeness (QED) is 0.0216. The lowest BCUT2D eigenvalue weighted by Gasteiger charge is -2.25. The summed E-state index contributed by atoms with van der Waals surface area (Å²) in [5.74, 6) is -1.16. The van der Waals surface area contributed by atoms with E-state index in [-0.39, 0.29) is 18.8 Å². The van der Waals surface area contributed by atoms with Crippen LogP contribution in [0.3, 0.4) is 0 Å². The molecule has 0 saturated carbocycles. The highest BCUT2D eigenvalue weighted by molar-refractivity contribution is 8.00. The lowest BCUT2D eigenvalue weighted by molar-refractivity contribution is -0.137. The zero-order chi connectivity index (χ0) is 37.1. The number of aliphatic hydroxyl groups excluding tert-OH is 3. The molecule has 8 nitrogen and oxygen atoms in total. The summed E-state index contributed by atoms with van der Waals surface area (Å²) in [6.07, 6.45) is 37.2. The van der Waals surface area contributed by atoms with Crippen LogP contribution in [-0.2, 0) is 9.59 Å². The van der Waals surface area contributed by atoms with E-state index in [0.717, 1.165) is 32.1 Å². The Kier molecular flexibility index (Phi) is 34.1. The van der Waals surface area contributed by atoms with Crippen LogP contribution in [-0.4, -0.2) is 74.2 Å². The first kappa shape index (κ1) is 48.1. The Morgan fingerprint density at radius 3 is 1.86 bits per heavy atom. The van der Waals surface area contributed by atoms with E-state index in [1.54, 1.807) is 0 Å². The highest BCUT2D eigenvalue weighted by Crippen LogP contribution is 2.21. The summed E-state index contributed by atoms with van der Waals surface area (Å²) in [6.45, 7) is 4.07. The number of amides is 1. The number of aliphatic hydroxyl groups is 3. The van der Waals surface area contributed by atoms with Gasteiger partial charge in [-0.15, -0.1) is 11.8 Å². The predicted octanol–water partition coefficient (Wildman–Crippen LogP) is 8.55. The third-order valence-corrected chi connectivity index (χ3v) is 10.3. The molecule has 0 rings (SSSR count). The molecular weight excluding hydrogens is 649 g/mol. The van der Waals surface area contributed by atoms with Gasteiger partial charge in [-0.25, -0.2) is 0 Å². The number of carboxylic acid groups (broad SMARTS) is 1. The maximum Gasteiger partial charge on any atom is 0.303 e. The number of allylic oxidation sites excluding steroid dienone is 7. The number of thioether (sulfide) groups is 1. The first-order valence-electron chi connectivity index (χ1n) is 19.8. The SMILES string of the molecule is CCCCC/C=C\C\C=C/C=C/C=C/[C@@H](SC[C@H](N)C(=O)N[C@@H](CO)[C@H](O)CCCCCCCCCCCCCCC)[C@@H](O)CCCC(=O)O. The molecule has 0 aliphatic carbocycles. The Morgan fingerprint density at radius 1 is 0.700 bits per heavy atom. The topological polar surface area (TPSA) is 153 Å². The van der Waals surface area contributed by atoms with Gasteiger partial charge in [0.2, 0.25) is 5.91 Å². The van der Waals surface area contributed by atoms with Crippen molar-refractivity contribution >= 4 is 23.6 Å². The molecule has 0 aliphatic rings. The van der Waals surface area contributed by atoms with Crippen LogP contribution in [0.25, 0.3) is 0 Å². The summed E-state index contributed by atoms with van der Waals surface area (Å²) in [5.41, 5.74) is 6.19. The molecule has 0 unspecified atom stereocenters. The van der Waals surface area contributed by atoms with Gasteiger partial charge in [0.1, 0.15) is 0 Å². The Bertz CT molecular complexity index is 925. The van der Waals surface area contributed by atoms with Gasteiger partial charge in [0.15, 0.2) is 0 Å². The van der Waals surface area contributed by atoms with Crippen LogP contribution in [0.4, 0.5) is 0 Å². The van der Waals surface area contributed by atoms with Crippen molar-refractivity contribution in [1.82, 2.24) is 5.32 Å². The minimum atomic E-state index is -0.909. The standard InChI is InChI=1S/C41H74N2O6S/c1-3-5-7-9-11-13-15-17-18-20-22-24-26-29-37(45)36(33-44)43-41(49)35(42)34-50-39(38(46)30-28-32-40(47)48)31-27-25-23-21-19-16-14-12-10-8-6-4-2/h12,14,19,21,23,25,27,31,35-39,44-46H,3-11,13,15-18,20,22,24,26,28-30,32-34,42H2,1-2H3,(H,43,49)(H,47,48)/b14-12-,21-19-,25-23+,31-27+/t35-,36-,37+,38-,39+/m0/s1. The molecule has 0 heterocycles. The highest BCUT2D eigenvalue weighted by atomic mass is 32.2. The molecule has 0 saturated heterocycles. The van der Waals surface area contributed by atoms with E-state index in [9.17, 15) is 24.9 Å². The molecule has 0 aromatic carbocycles. The van der Waals surface area contributed by atoms with Crippen LogP contribution < -0.4 is 11.1 Å². The third-order valence-electron chi connectivity index (χ3n) is 8.85. The summed E-state index contributed by atoms with van der Waals surface area (Å²) in [7, 11) is 0. The van der Waals surface area contributed by atoms with Gasteiger partial charge in [-0.3, -0.25) is 9.59 Å². The lowest BCUT2D eigenvalue weighted by Crippen LogP contribution is -2.52. The fraction of sp³-hybridized carbons (Fsp3) is 0.756. The predicted molar refractivity (Wildman–Crippen MR) is 212 cm³/mol. The van der Waals surface area contributed by atoms with E-state index in [1.807, 2.05) is 30.4 Å². The number of carbonyl (C=O) groups is 2. The molecular formula is C41H74N2O6S. The van der Waals surface area contributed by atoms with Gasteiger partial charge in [0.25, 0.3) is 0 Å². The molecule has 0 aromatic rings. The molecule has 290 valence electrons. The number of hydrogen-bond donors (Lipinski definition) is 6. The molecule has 0 spiro atoms. The van der Waals surface area contributed by atoms with Crippen molar-refractivity contribution < 1.29 is 30.0 Å². The van der Waals surface area contributed by atoms with Crippen LogP contribution in [0.15, 0.2) is 48.6 Å². The Morgan fingerprint density at radius 2 is 1.26 bits per heavy atom. The third kappa shape index (κ3) is 29.8. The van der Waals surface area contributed by atoms with Gasteiger partial charge in [0.05, 0.1) is 30.9 Å². The molecule has 9 heteroatoms. The van der Waals surface area contributed by atoms with Gasteiger partial charge < -0.3 is 31.5 Å². The zero-order valence-corrected chi connectivity index (χ0v) is 32.4. The van der Waals surface area contributed by atoms with E-state index in [4.69, 9.17) is 10.8 Å². The zero-order valence-electron chi connectivity index (χ0n) is 31.6. The summed E-state index contributed by atoms with van der Waals surface area (Å²) in [6, 6.07) is -1.70. The molecule has 0 aromatic heterocycles. The minimum Gasteiger partial charge on any atom is -0.481 e. The van der Waals surface area contributed by atoms with Gasteiger partial charge in [-0.05, 0) is 38.5 Å². The van der Waals surface area contributed by atoms with Crippen molar-refractivity contribution in [2.45, 2.75) is 185 Å². The number of rotatable bonds is 35. The average molecular weight is 723 g/mol. The molecule has 0 bridgehead atoms. The smallest absolute Gasteiger partial charge is 0.303 e. The largest absolute Gasteiger partial charge is 0.481 e. The lowest BCUT2D eigenvalue weighted by atomic mass is 10.0. The number of hydrogen-bond acceptors (Lipinski definition) is 7. The first-order chi connectivity index (χ1) is 24.3. The first-order valence-corrected chi connectivity index (χ1v) is 20.8. The minimum absolute atomic E-state index is 0.0258. The maximum absolute atomic E-state index is 12.9. The Labute approximate surface area is 309 Å². The van der Waals surface area contributed by atoms with Crippen molar-refractivity contribution in [2.24, 2.45) is 5.73 Å². The second-order valence-corrected chi connectivity index (χ2v) is 14.8. The fourth-order valence-electron chi connectivity index (χ4n) is 5.60. The van der Waals surface area contributed by atoms with Gasteiger partial charge >= 0.3 is 5.97 Å². The maximum atomic E-state index is 12.9. The Balaban J connectivity index is 4.63. The van der Waals surface area contributed by atoms with Crippen LogP contribution >= 0.6 is 11.8 Å². The van der Waals surface area contributed by atoms with Gasteiger partial charge in [-0.2, -0.15) is 0 Å². The van der Waals surface area contributed by atoms with E-state index < -0.39 is 41.4 Å². The Hall–Kier alpha value is -1.91. The number of nitrogens with one attached hydrogen (secondary N) is 1. The monoisotopic (exact) mass is 723 g/mol. The second-order valence-electron chi connectivity index (χ2n) is 13.6. The molecule has 5 atom stereocenters. The van der Waals surface area contributed by atoms with Crippen LogP contribution in [0.1, 0.15) is 155 Å². The van der Waals surface area contributed by atoms with E-state index in [2.05, 4.69) is 37.4 Å². The van der Waals surface area contributed by atoms with Gasteiger partial charge in [0, 0.05) is 17.4 Å². The normalized spacial score (nSPS) is 15.3. The second kappa shape index (κ2) is 35.5. The number of nitrogens with two attached hydrogens (primary N) is 1. The van der Waals surface area contributed by atoms with Crippen molar-refractivity contribution in [3.8, 4) is 0 Å². The van der Waals surface area contributed by atoms with E-state index >= 15 is 0 Å². The summed E-state index contributed by atoms with van der Waals surface area (Å²) in [4.78, 5) is 23.8. The number of unbranched alkanes of at least 4 members (excludes halogenated alkanes) is 15. The van der Waals surface area contributed by atoms with Crippen molar-refractivity contribution in [3.63, 3.8) is 0 Å². The fourth-order valence-corrected chi connectivity index (χ4v) is 6.74. The van der Waals surface area contributed by atoms with Crippen molar-refractivity contribution in [3.05, 3.63) is 48.6 Å². The van der Waals surface area contributed by atoms with E-state index in [0.29, 0.717) is 19.3 Å². The number of carbonyl (C=O) groups excluding carboxylic acids is 1. The summed E-state index contributed by atoms with van der Waals surface area (Å²) in [5, 5.41) is 42.6. The molecule has 1 amide bonds. The van der Waals surface area contributed by atoms with Crippen LogP contribution in [0, 0.1) is 0 Å². The molecule has 0 fully saturated rings. The number of aliphatic carboxylic acids is 1. The van der Waals surface area contributed by atoms with Gasteiger partial charge in [-0.1, -0.05) is 159 Å². The van der Waals surface area contributed by atoms with Crippen LogP contribution in [0.2, 0.25) is 0 Å². The van der Waals surface area contributed by atoms with Crippen molar-refractivity contribution in [2.75, 3.05) is 12.4 Å². The molecule has 7 N–H and O–H groups in total. The molecule has 0 radical (unpaired) electrons. The van der Waals surface area contributed by atoms with Crippen molar-refractivity contribution in [1.29, 1.82) is 0 Å². The highest BCUT2D eigenvalue weighted by Gasteiger charge is 2.25. The molecule has 50 heavy (non-hydrogen) atoms. The van der Waals surface area contributed by atoms with Crippen LogP contribution in [0.5, 0.6) is 0 Å². The summed E-state index contributed by atoms with van der Waals surface area (Å²) >= 11 is 1.33. The summed E-state index contributed by atoms with van der Waals surface area (Å²) < 4.78 is 0. The average Bonchev–Trinajstić information content (AvgIpc) is 3.10.